The fourth-order valence-corrected chi connectivity index (χ4v) is 3.66. The number of likely N-dealkylation sites (tertiary alicyclic amines) is 1. The van der Waals surface area contributed by atoms with Crippen LogP contribution in [0.4, 0.5) is 0 Å². The van der Waals surface area contributed by atoms with Gasteiger partial charge >= 0.3 is 0 Å². The second-order valence-corrected chi connectivity index (χ2v) is 7.04. The van der Waals surface area contributed by atoms with E-state index in [1.165, 1.54) is 5.56 Å². The van der Waals surface area contributed by atoms with Crippen LogP contribution in [0.25, 0.3) is 0 Å². The minimum Gasteiger partial charge on any atom is -0.303 e. The van der Waals surface area contributed by atoms with Crippen molar-refractivity contribution in [1.82, 2.24) is 39.8 Å². The average molecular weight is 352 g/mol. The monoisotopic (exact) mass is 352 g/mol. The number of nitrogens with zero attached hydrogens (tertiary/aromatic N) is 8. The number of hydrogen-bond acceptors (Lipinski definition) is 6. The SMILES string of the molecule is CN(C)[C@@H]1CN(Cc2cnnn2Cc2ccccc2)C[C@@H]1n1ccnn1. The molecule has 1 aliphatic rings. The Morgan fingerprint density at radius 3 is 2.62 bits per heavy atom. The summed E-state index contributed by atoms with van der Waals surface area (Å²) in [7, 11) is 4.25. The van der Waals surface area contributed by atoms with Gasteiger partial charge in [-0.05, 0) is 19.7 Å². The highest BCUT2D eigenvalue weighted by molar-refractivity contribution is 5.15. The maximum Gasteiger partial charge on any atom is 0.0831 e. The van der Waals surface area contributed by atoms with Gasteiger partial charge in [0.25, 0.3) is 0 Å². The fraction of sp³-hybridized carbons (Fsp3) is 0.444. The largest absolute Gasteiger partial charge is 0.303 e. The first-order chi connectivity index (χ1) is 12.7. The van der Waals surface area contributed by atoms with Crippen molar-refractivity contribution in [2.24, 2.45) is 0 Å². The summed E-state index contributed by atoms with van der Waals surface area (Å²) in [6, 6.07) is 11.1. The molecule has 0 radical (unpaired) electrons. The molecule has 0 aliphatic carbocycles. The zero-order valence-electron chi connectivity index (χ0n) is 15.2. The topological polar surface area (TPSA) is 67.9 Å². The van der Waals surface area contributed by atoms with Crippen molar-refractivity contribution in [2.45, 2.75) is 25.2 Å². The van der Waals surface area contributed by atoms with Crippen LogP contribution >= 0.6 is 0 Å². The molecule has 3 heterocycles. The van der Waals surface area contributed by atoms with E-state index >= 15 is 0 Å². The van der Waals surface area contributed by atoms with Crippen LogP contribution in [-0.2, 0) is 13.1 Å². The van der Waals surface area contributed by atoms with Gasteiger partial charge in [0.15, 0.2) is 0 Å². The van der Waals surface area contributed by atoms with E-state index in [1.54, 1.807) is 6.20 Å². The molecule has 0 unspecified atom stereocenters. The van der Waals surface area contributed by atoms with E-state index in [9.17, 15) is 0 Å². The lowest BCUT2D eigenvalue weighted by atomic mass is 10.1. The van der Waals surface area contributed by atoms with Gasteiger partial charge in [0.1, 0.15) is 0 Å². The van der Waals surface area contributed by atoms with Crippen LogP contribution in [0.1, 0.15) is 17.3 Å². The van der Waals surface area contributed by atoms with Crippen LogP contribution in [0, 0.1) is 0 Å². The Morgan fingerprint density at radius 1 is 1.04 bits per heavy atom. The molecule has 0 saturated carbocycles. The van der Waals surface area contributed by atoms with Gasteiger partial charge in [0, 0.05) is 31.9 Å². The van der Waals surface area contributed by atoms with Gasteiger partial charge in [-0.1, -0.05) is 40.8 Å². The minimum atomic E-state index is 0.297. The van der Waals surface area contributed by atoms with E-state index in [-0.39, 0.29) is 0 Å². The van der Waals surface area contributed by atoms with Crippen molar-refractivity contribution in [1.29, 1.82) is 0 Å². The summed E-state index contributed by atoms with van der Waals surface area (Å²) >= 11 is 0. The van der Waals surface area contributed by atoms with E-state index in [0.29, 0.717) is 12.1 Å². The summed E-state index contributed by atoms with van der Waals surface area (Å²) in [5, 5.41) is 16.6. The zero-order chi connectivity index (χ0) is 17.9. The predicted molar refractivity (Wildman–Crippen MR) is 97.4 cm³/mol. The lowest BCUT2D eigenvalue weighted by molar-refractivity contribution is 0.236. The van der Waals surface area contributed by atoms with Crippen molar-refractivity contribution >= 4 is 0 Å². The quantitative estimate of drug-likeness (QED) is 0.657. The van der Waals surface area contributed by atoms with Gasteiger partial charge in [-0.3, -0.25) is 4.90 Å². The second kappa shape index (κ2) is 7.35. The first kappa shape index (κ1) is 16.9. The Hall–Kier alpha value is -2.58. The summed E-state index contributed by atoms with van der Waals surface area (Å²) in [6.45, 7) is 3.49. The average Bonchev–Trinajstić information content (AvgIpc) is 3.37. The molecular weight excluding hydrogens is 328 g/mol. The molecular formula is C18H24N8. The van der Waals surface area contributed by atoms with Crippen molar-refractivity contribution in [3.8, 4) is 0 Å². The summed E-state index contributed by atoms with van der Waals surface area (Å²) in [4.78, 5) is 4.71. The molecule has 4 rings (SSSR count). The Bertz CT molecular complexity index is 811. The molecule has 1 saturated heterocycles. The molecule has 1 aromatic carbocycles. The highest BCUT2D eigenvalue weighted by Crippen LogP contribution is 2.25. The molecule has 0 amide bonds. The lowest BCUT2D eigenvalue weighted by Crippen LogP contribution is -2.36. The van der Waals surface area contributed by atoms with Crippen LogP contribution in [0.3, 0.4) is 0 Å². The second-order valence-electron chi connectivity index (χ2n) is 7.04. The first-order valence-corrected chi connectivity index (χ1v) is 8.86. The molecule has 8 heteroatoms. The van der Waals surface area contributed by atoms with Gasteiger partial charge in [0.2, 0.25) is 0 Å². The Kier molecular flexibility index (Phi) is 4.77. The fourth-order valence-electron chi connectivity index (χ4n) is 3.66. The molecule has 0 spiro atoms. The molecule has 0 bridgehead atoms. The maximum atomic E-state index is 4.28. The number of aromatic nitrogens is 6. The standard InChI is InChI=1S/C18H24N8/c1-23(2)17-13-24(14-18(17)25-9-8-19-21-25)12-16-10-20-22-26(16)11-15-6-4-3-5-7-15/h3-10,17-18H,11-14H2,1-2H3/t17-,18+/m1/s1. The van der Waals surface area contributed by atoms with Gasteiger partial charge in [-0.15, -0.1) is 10.2 Å². The van der Waals surface area contributed by atoms with Gasteiger partial charge in [0.05, 0.1) is 30.7 Å². The molecule has 3 aromatic rings. The highest BCUT2D eigenvalue weighted by atomic mass is 15.5. The Balaban J connectivity index is 1.47. The predicted octanol–water partition coefficient (Wildman–Crippen LogP) is 0.905. The summed E-state index contributed by atoms with van der Waals surface area (Å²) in [6.07, 6.45) is 5.57. The number of rotatable bonds is 6. The molecule has 2 aromatic heterocycles. The van der Waals surface area contributed by atoms with E-state index < -0.39 is 0 Å². The molecule has 26 heavy (non-hydrogen) atoms. The zero-order valence-corrected chi connectivity index (χ0v) is 15.2. The Labute approximate surface area is 153 Å². The van der Waals surface area contributed by atoms with Gasteiger partial charge < -0.3 is 4.90 Å². The van der Waals surface area contributed by atoms with E-state index in [4.69, 9.17) is 0 Å². The summed E-state index contributed by atoms with van der Waals surface area (Å²) in [5.74, 6) is 0. The van der Waals surface area contributed by atoms with Crippen LogP contribution in [0.2, 0.25) is 0 Å². The van der Waals surface area contributed by atoms with Crippen LogP contribution < -0.4 is 0 Å². The highest BCUT2D eigenvalue weighted by Gasteiger charge is 2.36. The van der Waals surface area contributed by atoms with Gasteiger partial charge in [-0.2, -0.15) is 0 Å². The molecule has 1 fully saturated rings. The lowest BCUT2D eigenvalue weighted by Gasteiger charge is -2.24. The van der Waals surface area contributed by atoms with Gasteiger partial charge in [-0.25, -0.2) is 9.36 Å². The minimum absolute atomic E-state index is 0.297. The van der Waals surface area contributed by atoms with Crippen molar-refractivity contribution in [3.05, 3.63) is 60.2 Å². The van der Waals surface area contributed by atoms with Crippen LogP contribution in [0.5, 0.6) is 0 Å². The third-order valence-electron chi connectivity index (χ3n) is 5.04. The molecule has 2 atom stereocenters. The smallest absolute Gasteiger partial charge is 0.0831 e. The number of likely N-dealkylation sites (N-methyl/N-ethyl adjacent to an activating group) is 1. The van der Waals surface area contributed by atoms with Crippen molar-refractivity contribution in [3.63, 3.8) is 0 Å². The molecule has 0 N–H and O–H groups in total. The van der Waals surface area contributed by atoms with Crippen molar-refractivity contribution in [2.75, 3.05) is 27.2 Å². The first-order valence-electron chi connectivity index (χ1n) is 8.86. The normalized spacial score (nSPS) is 20.9. The molecule has 8 nitrogen and oxygen atoms in total. The summed E-state index contributed by atoms with van der Waals surface area (Å²) < 4.78 is 3.97. The number of hydrogen-bond donors (Lipinski definition) is 0. The van der Waals surface area contributed by atoms with E-state index in [2.05, 4.69) is 68.8 Å². The number of benzene rings is 1. The van der Waals surface area contributed by atoms with Crippen molar-refractivity contribution < 1.29 is 0 Å². The molecule has 136 valence electrons. The van der Waals surface area contributed by atoms with E-state index in [1.807, 2.05) is 27.8 Å². The third kappa shape index (κ3) is 3.51. The maximum absolute atomic E-state index is 4.28. The van der Waals surface area contributed by atoms with E-state index in [0.717, 1.165) is 31.9 Å². The van der Waals surface area contributed by atoms with Crippen LogP contribution in [-0.4, -0.2) is 73.0 Å². The Morgan fingerprint density at radius 2 is 1.88 bits per heavy atom. The summed E-state index contributed by atoms with van der Waals surface area (Å²) in [5.41, 5.74) is 2.36. The molecule has 1 aliphatic heterocycles. The third-order valence-corrected chi connectivity index (χ3v) is 5.04. The van der Waals surface area contributed by atoms with Crippen LogP contribution in [0.15, 0.2) is 48.9 Å².